The lowest BCUT2D eigenvalue weighted by molar-refractivity contribution is -0.123. The Hall–Kier alpha value is -0.530. The summed E-state index contributed by atoms with van der Waals surface area (Å²) in [6, 6.07) is 0. The van der Waals surface area contributed by atoms with Gasteiger partial charge in [0.15, 0.2) is 0 Å². The van der Waals surface area contributed by atoms with Gasteiger partial charge in [0.2, 0.25) is 5.91 Å². The van der Waals surface area contributed by atoms with Gasteiger partial charge in [0, 0.05) is 12.5 Å². The molecule has 0 saturated heterocycles. The first kappa shape index (κ1) is 8.55. The molecule has 90 valence electrons. The largest absolute Gasteiger partial charge is 0.356 e. The van der Waals surface area contributed by atoms with Crippen molar-refractivity contribution in [3.05, 3.63) is 0 Å². The van der Waals surface area contributed by atoms with Crippen molar-refractivity contribution < 1.29 is 4.79 Å². The SMILES string of the molecule is O=C(NCC1CC1)C1[C@@H]2[C@H]3C4CC5[C@H]3[C@H]5[C@H]4[C@H]12. The molecule has 17 heavy (non-hydrogen) atoms. The van der Waals surface area contributed by atoms with E-state index in [2.05, 4.69) is 5.32 Å². The Morgan fingerprint density at radius 2 is 1.53 bits per heavy atom. The average Bonchev–Trinajstić information content (AvgIpc) is 3.28. The number of hydrogen-bond acceptors (Lipinski definition) is 1. The molecule has 0 aliphatic heterocycles. The third-order valence-corrected chi connectivity index (χ3v) is 7.30. The van der Waals surface area contributed by atoms with Gasteiger partial charge in [-0.25, -0.2) is 0 Å². The molecule has 0 aromatic carbocycles. The highest BCUT2D eigenvalue weighted by molar-refractivity contribution is 5.83. The van der Waals surface area contributed by atoms with Crippen LogP contribution in [0.3, 0.4) is 0 Å². The molecule has 7 saturated carbocycles. The molecule has 2 heteroatoms. The molecule has 0 spiro atoms. The molecule has 0 heterocycles. The zero-order chi connectivity index (χ0) is 10.9. The molecule has 1 N–H and O–H groups in total. The molecule has 0 aromatic rings. The fourth-order valence-electron chi connectivity index (χ4n) is 6.75. The summed E-state index contributed by atoms with van der Waals surface area (Å²) in [6.45, 7) is 0.975. The third-order valence-electron chi connectivity index (χ3n) is 7.30. The zero-order valence-electron chi connectivity index (χ0n) is 10.0. The molecule has 7 aliphatic carbocycles. The maximum absolute atomic E-state index is 12.2. The van der Waals surface area contributed by atoms with Crippen LogP contribution in [0.5, 0.6) is 0 Å². The van der Waals surface area contributed by atoms with Crippen molar-refractivity contribution in [3.63, 3.8) is 0 Å². The molecule has 6 bridgehead atoms. The molecule has 7 rings (SSSR count). The number of fused-ring (bicyclic) bond motifs is 1. The predicted molar refractivity (Wildman–Crippen MR) is 61.8 cm³/mol. The van der Waals surface area contributed by atoms with Gasteiger partial charge in [-0.3, -0.25) is 4.79 Å². The van der Waals surface area contributed by atoms with Gasteiger partial charge in [-0.05, 0) is 72.5 Å². The molecule has 3 unspecified atom stereocenters. The Morgan fingerprint density at radius 3 is 2.06 bits per heavy atom. The first-order valence-electron chi connectivity index (χ1n) is 7.64. The predicted octanol–water partition coefficient (Wildman–Crippen LogP) is 1.52. The van der Waals surface area contributed by atoms with Gasteiger partial charge >= 0.3 is 0 Å². The Morgan fingerprint density at radius 1 is 0.941 bits per heavy atom. The molecule has 1 amide bonds. The van der Waals surface area contributed by atoms with Gasteiger partial charge in [-0.1, -0.05) is 0 Å². The number of hydrogen-bond donors (Lipinski definition) is 1. The zero-order valence-corrected chi connectivity index (χ0v) is 10.0. The summed E-state index contributed by atoms with van der Waals surface area (Å²) >= 11 is 0. The van der Waals surface area contributed by atoms with E-state index in [1.165, 1.54) is 12.8 Å². The minimum atomic E-state index is 0.431. The third kappa shape index (κ3) is 0.794. The van der Waals surface area contributed by atoms with Crippen LogP contribution in [0.1, 0.15) is 19.3 Å². The number of nitrogens with one attached hydrogen (secondary N) is 1. The van der Waals surface area contributed by atoms with Gasteiger partial charge in [0.25, 0.3) is 0 Å². The lowest BCUT2D eigenvalue weighted by atomic mass is 9.91. The van der Waals surface area contributed by atoms with Crippen molar-refractivity contribution in [3.8, 4) is 0 Å². The van der Waals surface area contributed by atoms with E-state index in [1.807, 2.05) is 0 Å². The average molecular weight is 229 g/mol. The highest BCUT2D eigenvalue weighted by atomic mass is 16.2. The van der Waals surface area contributed by atoms with E-state index in [-0.39, 0.29) is 0 Å². The first-order valence-corrected chi connectivity index (χ1v) is 7.64. The van der Waals surface area contributed by atoms with Crippen LogP contribution in [-0.4, -0.2) is 12.5 Å². The highest BCUT2D eigenvalue weighted by Crippen LogP contribution is 2.89. The number of carbonyl (C=O) groups excluding carboxylic acids is 1. The van der Waals surface area contributed by atoms with Crippen LogP contribution in [-0.2, 0) is 4.79 Å². The van der Waals surface area contributed by atoms with Crippen molar-refractivity contribution in [2.24, 2.45) is 59.2 Å². The molecule has 7 fully saturated rings. The maximum Gasteiger partial charge on any atom is 0.223 e. The van der Waals surface area contributed by atoms with Crippen LogP contribution in [0.2, 0.25) is 0 Å². The van der Waals surface area contributed by atoms with Crippen molar-refractivity contribution in [1.29, 1.82) is 0 Å². The summed E-state index contributed by atoms with van der Waals surface area (Å²) < 4.78 is 0. The van der Waals surface area contributed by atoms with Crippen LogP contribution in [0.15, 0.2) is 0 Å². The lowest BCUT2D eigenvalue weighted by Gasteiger charge is -2.16. The Balaban J connectivity index is 1.22. The van der Waals surface area contributed by atoms with Crippen LogP contribution >= 0.6 is 0 Å². The normalized spacial score (nSPS) is 66.9. The van der Waals surface area contributed by atoms with E-state index in [4.69, 9.17) is 0 Å². The summed E-state index contributed by atoms with van der Waals surface area (Å²) in [5.74, 6) is 9.86. The maximum atomic E-state index is 12.2. The van der Waals surface area contributed by atoms with E-state index >= 15 is 0 Å². The second-order valence-electron chi connectivity index (χ2n) is 7.74. The van der Waals surface area contributed by atoms with E-state index < -0.39 is 0 Å². The molecular weight excluding hydrogens is 210 g/mol. The molecule has 9 atom stereocenters. The van der Waals surface area contributed by atoms with Crippen LogP contribution in [0.4, 0.5) is 0 Å². The van der Waals surface area contributed by atoms with Gasteiger partial charge in [0.1, 0.15) is 0 Å². The summed E-state index contributed by atoms with van der Waals surface area (Å²) in [5.41, 5.74) is 0. The van der Waals surface area contributed by atoms with E-state index in [0.29, 0.717) is 11.8 Å². The highest BCUT2D eigenvalue weighted by Gasteiger charge is 2.87. The monoisotopic (exact) mass is 229 g/mol. The molecule has 0 aromatic heterocycles. The number of carbonyl (C=O) groups is 1. The minimum Gasteiger partial charge on any atom is -0.356 e. The fourth-order valence-corrected chi connectivity index (χ4v) is 6.75. The molecule has 0 radical (unpaired) electrons. The van der Waals surface area contributed by atoms with E-state index in [0.717, 1.165) is 59.8 Å². The molecular formula is C15H19NO. The van der Waals surface area contributed by atoms with Crippen LogP contribution in [0, 0.1) is 59.2 Å². The van der Waals surface area contributed by atoms with Crippen molar-refractivity contribution in [1.82, 2.24) is 5.32 Å². The van der Waals surface area contributed by atoms with Crippen molar-refractivity contribution in [2.45, 2.75) is 19.3 Å². The minimum absolute atomic E-state index is 0.431. The Kier molecular flexibility index (Phi) is 1.16. The first-order chi connectivity index (χ1) is 8.36. The summed E-state index contributed by atoms with van der Waals surface area (Å²) in [4.78, 5) is 12.2. The Labute approximate surface area is 102 Å². The van der Waals surface area contributed by atoms with Crippen LogP contribution < -0.4 is 5.32 Å². The lowest BCUT2D eigenvalue weighted by Crippen LogP contribution is -2.30. The Bertz CT molecular complexity index is 418. The van der Waals surface area contributed by atoms with Crippen molar-refractivity contribution >= 4 is 5.91 Å². The molecule has 7 aliphatic rings. The van der Waals surface area contributed by atoms with Gasteiger partial charge in [-0.15, -0.1) is 0 Å². The topological polar surface area (TPSA) is 29.1 Å². The standard InChI is InChI=1S/C15H19NO/c17-15(16-4-5-1-2-5)14-12-10-7-3-6-8(10)9(6)11(7)13(12)14/h5-14H,1-4H2,(H,16,17)/t6?,7?,8-,9-,10-,11-,12-,13+,14?/m0/s1. The molecule has 2 nitrogen and oxygen atoms in total. The van der Waals surface area contributed by atoms with Gasteiger partial charge < -0.3 is 5.32 Å². The summed E-state index contributed by atoms with van der Waals surface area (Å²) in [5, 5.41) is 3.22. The van der Waals surface area contributed by atoms with Crippen molar-refractivity contribution in [2.75, 3.05) is 6.54 Å². The quantitative estimate of drug-likeness (QED) is 0.781. The summed E-state index contributed by atoms with van der Waals surface area (Å²) in [7, 11) is 0. The van der Waals surface area contributed by atoms with Crippen LogP contribution in [0.25, 0.3) is 0 Å². The van der Waals surface area contributed by atoms with E-state index in [9.17, 15) is 4.79 Å². The van der Waals surface area contributed by atoms with Gasteiger partial charge in [-0.2, -0.15) is 0 Å². The number of rotatable bonds is 3. The fraction of sp³-hybridized carbons (Fsp3) is 0.933. The van der Waals surface area contributed by atoms with E-state index in [1.54, 1.807) is 6.42 Å². The number of amides is 1. The second kappa shape index (κ2) is 2.31. The van der Waals surface area contributed by atoms with Gasteiger partial charge in [0.05, 0.1) is 0 Å². The summed E-state index contributed by atoms with van der Waals surface area (Å²) in [6.07, 6.45) is 4.24. The smallest absolute Gasteiger partial charge is 0.223 e. The second-order valence-corrected chi connectivity index (χ2v) is 7.74.